The molecule has 0 spiro atoms. The molecule has 0 heterocycles. The third-order valence-electron chi connectivity index (χ3n) is 2.41. The lowest BCUT2D eigenvalue weighted by Crippen LogP contribution is -2.24. The Balaban J connectivity index is 3.04. The van der Waals surface area contributed by atoms with Crippen molar-refractivity contribution in [1.82, 2.24) is 5.32 Å². The number of carbonyl (C=O) groups is 1. The second kappa shape index (κ2) is 5.58. The number of benzene rings is 1. The number of rotatable bonds is 3. The fourth-order valence-electron chi connectivity index (χ4n) is 1.42. The number of halogens is 4. The van der Waals surface area contributed by atoms with Crippen LogP contribution in [0.1, 0.15) is 23.6 Å². The average molecular weight is 281 g/mol. The monoisotopic (exact) mass is 280 g/mol. The van der Waals surface area contributed by atoms with Crippen LogP contribution >= 0.6 is 11.6 Å². The van der Waals surface area contributed by atoms with Gasteiger partial charge in [0.05, 0.1) is 5.56 Å². The minimum absolute atomic E-state index is 0.107. The molecular weight excluding hydrogens is 269 g/mol. The summed E-state index contributed by atoms with van der Waals surface area (Å²) in [5.74, 6) is -0.365. The molecule has 100 valence electrons. The van der Waals surface area contributed by atoms with Gasteiger partial charge in [-0.2, -0.15) is 13.2 Å². The van der Waals surface area contributed by atoms with Gasteiger partial charge in [-0.3, -0.25) is 4.79 Å². The first-order valence-electron chi connectivity index (χ1n) is 5.08. The maximum Gasteiger partial charge on any atom is 0.416 e. The molecule has 0 aliphatic heterocycles. The molecule has 0 aromatic heterocycles. The normalized spacial score (nSPS) is 13.2. The molecule has 0 saturated carbocycles. The van der Waals surface area contributed by atoms with Gasteiger partial charge in [0.1, 0.15) is 0 Å². The first-order chi connectivity index (χ1) is 8.25. The fraction of sp³-hybridized carbons (Fsp3) is 0.364. The zero-order valence-electron chi connectivity index (χ0n) is 9.51. The van der Waals surface area contributed by atoms with Gasteiger partial charge in [-0.15, -0.1) is 0 Å². The average Bonchev–Trinajstić information content (AvgIpc) is 2.27. The van der Waals surface area contributed by atoms with Crippen molar-refractivity contribution in [2.75, 3.05) is 7.05 Å². The van der Waals surface area contributed by atoms with Gasteiger partial charge in [0, 0.05) is 24.5 Å². The highest BCUT2D eigenvalue weighted by atomic mass is 35.5. The summed E-state index contributed by atoms with van der Waals surface area (Å²) in [7, 11) is 1.42. The maximum absolute atomic E-state index is 12.5. The Labute approximate surface area is 107 Å². The number of hydrogen-bond acceptors (Lipinski definition) is 2. The Morgan fingerprint density at radius 2 is 2.11 bits per heavy atom. The predicted molar refractivity (Wildman–Crippen MR) is 62.1 cm³/mol. The van der Waals surface area contributed by atoms with Gasteiger partial charge in [0.2, 0.25) is 5.91 Å². The van der Waals surface area contributed by atoms with Crippen molar-refractivity contribution in [3.8, 4) is 0 Å². The maximum atomic E-state index is 12.5. The summed E-state index contributed by atoms with van der Waals surface area (Å²) >= 11 is 5.79. The summed E-state index contributed by atoms with van der Waals surface area (Å²) in [6.45, 7) is 0. The van der Waals surface area contributed by atoms with E-state index in [-0.39, 0.29) is 22.9 Å². The van der Waals surface area contributed by atoms with E-state index in [0.717, 1.165) is 18.2 Å². The van der Waals surface area contributed by atoms with E-state index in [1.165, 1.54) is 7.05 Å². The van der Waals surface area contributed by atoms with Crippen LogP contribution in [0, 0.1) is 0 Å². The number of amides is 1. The molecule has 0 unspecified atom stereocenters. The van der Waals surface area contributed by atoms with E-state index in [2.05, 4.69) is 5.32 Å². The second-order valence-corrected chi connectivity index (χ2v) is 4.13. The molecule has 3 N–H and O–H groups in total. The van der Waals surface area contributed by atoms with Crippen molar-refractivity contribution in [3.63, 3.8) is 0 Å². The lowest BCUT2D eigenvalue weighted by atomic mass is 10.0. The largest absolute Gasteiger partial charge is 0.416 e. The number of nitrogens with two attached hydrogens (primary N) is 1. The molecule has 0 radical (unpaired) electrons. The van der Waals surface area contributed by atoms with Crippen LogP contribution in [-0.4, -0.2) is 13.0 Å². The minimum atomic E-state index is -4.47. The van der Waals surface area contributed by atoms with Gasteiger partial charge in [0.25, 0.3) is 0 Å². The highest BCUT2D eigenvalue weighted by molar-refractivity contribution is 6.31. The Bertz CT molecular complexity index is 448. The molecule has 1 aromatic rings. The molecule has 3 nitrogen and oxygen atoms in total. The van der Waals surface area contributed by atoms with Crippen molar-refractivity contribution in [2.24, 2.45) is 5.73 Å². The SMILES string of the molecule is CNC(=O)C[C@H](N)c1cc(C(F)(F)F)ccc1Cl. The Kier molecular flexibility index (Phi) is 4.59. The molecular formula is C11H12ClF3N2O. The molecule has 7 heteroatoms. The molecule has 1 amide bonds. The van der Waals surface area contributed by atoms with Crippen molar-refractivity contribution in [3.05, 3.63) is 34.3 Å². The topological polar surface area (TPSA) is 55.1 Å². The van der Waals surface area contributed by atoms with Crippen molar-refractivity contribution < 1.29 is 18.0 Å². The van der Waals surface area contributed by atoms with E-state index >= 15 is 0 Å². The Morgan fingerprint density at radius 3 is 2.61 bits per heavy atom. The number of alkyl halides is 3. The van der Waals surface area contributed by atoms with Crippen molar-refractivity contribution in [2.45, 2.75) is 18.6 Å². The highest BCUT2D eigenvalue weighted by Gasteiger charge is 2.31. The van der Waals surface area contributed by atoms with E-state index in [0.29, 0.717) is 0 Å². The predicted octanol–water partition coefficient (Wildman–Crippen LogP) is 2.49. The number of carbonyl (C=O) groups excluding carboxylic acids is 1. The van der Waals surface area contributed by atoms with Crippen LogP contribution in [0.25, 0.3) is 0 Å². The number of nitrogens with one attached hydrogen (secondary N) is 1. The van der Waals surface area contributed by atoms with E-state index in [1.807, 2.05) is 0 Å². The van der Waals surface area contributed by atoms with Crippen molar-refractivity contribution >= 4 is 17.5 Å². The molecule has 0 fully saturated rings. The number of hydrogen-bond donors (Lipinski definition) is 2. The molecule has 18 heavy (non-hydrogen) atoms. The summed E-state index contributed by atoms with van der Waals surface area (Å²) in [5.41, 5.74) is 4.94. The molecule has 1 rings (SSSR count). The van der Waals surface area contributed by atoms with Gasteiger partial charge < -0.3 is 11.1 Å². The molecule has 0 bridgehead atoms. The Hall–Kier alpha value is -1.27. The van der Waals surface area contributed by atoms with E-state index in [1.54, 1.807) is 0 Å². The lowest BCUT2D eigenvalue weighted by molar-refractivity contribution is -0.137. The van der Waals surface area contributed by atoms with Crippen LogP contribution in [0.15, 0.2) is 18.2 Å². The minimum Gasteiger partial charge on any atom is -0.359 e. The summed E-state index contributed by atoms with van der Waals surface area (Å²) in [4.78, 5) is 11.1. The van der Waals surface area contributed by atoms with Gasteiger partial charge >= 0.3 is 6.18 Å². The lowest BCUT2D eigenvalue weighted by Gasteiger charge is -2.15. The second-order valence-electron chi connectivity index (χ2n) is 3.72. The fourth-order valence-corrected chi connectivity index (χ4v) is 1.67. The van der Waals surface area contributed by atoms with Crippen molar-refractivity contribution in [1.29, 1.82) is 0 Å². The van der Waals surface area contributed by atoms with E-state index in [4.69, 9.17) is 17.3 Å². The smallest absolute Gasteiger partial charge is 0.359 e. The molecule has 1 atom stereocenters. The van der Waals surface area contributed by atoms with Gasteiger partial charge in [-0.25, -0.2) is 0 Å². The summed E-state index contributed by atoms with van der Waals surface area (Å²) < 4.78 is 37.6. The van der Waals surface area contributed by atoms with Crippen LogP contribution < -0.4 is 11.1 Å². The molecule has 0 aliphatic rings. The molecule has 0 aliphatic carbocycles. The zero-order valence-corrected chi connectivity index (χ0v) is 10.3. The van der Waals surface area contributed by atoms with E-state index in [9.17, 15) is 18.0 Å². The summed E-state index contributed by atoms with van der Waals surface area (Å²) in [6, 6.07) is 2.00. The van der Waals surface area contributed by atoms with Gasteiger partial charge in [0.15, 0.2) is 0 Å². The van der Waals surface area contributed by atoms with Crippen LogP contribution in [0.2, 0.25) is 5.02 Å². The summed E-state index contributed by atoms with van der Waals surface area (Å²) in [5, 5.41) is 2.46. The van der Waals surface area contributed by atoms with Crippen LogP contribution in [0.5, 0.6) is 0 Å². The molecule has 0 saturated heterocycles. The quantitative estimate of drug-likeness (QED) is 0.894. The van der Waals surface area contributed by atoms with Crippen LogP contribution in [0.3, 0.4) is 0 Å². The van der Waals surface area contributed by atoms with Crippen LogP contribution in [-0.2, 0) is 11.0 Å². The third kappa shape index (κ3) is 3.61. The standard InChI is InChI=1S/C11H12ClF3N2O/c1-17-10(18)5-9(16)7-4-6(11(13,14)15)2-3-8(7)12/h2-4,9H,5,16H2,1H3,(H,17,18)/t9-/m0/s1. The first-order valence-corrected chi connectivity index (χ1v) is 5.46. The van der Waals surface area contributed by atoms with Gasteiger partial charge in [-0.1, -0.05) is 11.6 Å². The Morgan fingerprint density at radius 1 is 1.50 bits per heavy atom. The third-order valence-corrected chi connectivity index (χ3v) is 2.75. The first kappa shape index (κ1) is 14.8. The molecule has 1 aromatic carbocycles. The highest BCUT2D eigenvalue weighted by Crippen LogP contribution is 2.33. The van der Waals surface area contributed by atoms with E-state index < -0.39 is 17.8 Å². The van der Waals surface area contributed by atoms with Crippen LogP contribution in [0.4, 0.5) is 13.2 Å². The van der Waals surface area contributed by atoms with Gasteiger partial charge in [-0.05, 0) is 23.8 Å². The summed E-state index contributed by atoms with van der Waals surface area (Å²) in [6.07, 6.45) is -4.59. The zero-order chi connectivity index (χ0) is 13.9.